The van der Waals surface area contributed by atoms with Gasteiger partial charge in [0.15, 0.2) is 0 Å². The third-order valence-electron chi connectivity index (χ3n) is 3.52. The van der Waals surface area contributed by atoms with Crippen LogP contribution in [0.15, 0.2) is 40.4 Å². The van der Waals surface area contributed by atoms with Gasteiger partial charge in [-0.25, -0.2) is 17.9 Å². The summed E-state index contributed by atoms with van der Waals surface area (Å²) in [6, 6.07) is 2.79. The Morgan fingerprint density at radius 3 is 2.63 bits per heavy atom. The van der Waals surface area contributed by atoms with Gasteiger partial charge in [0.1, 0.15) is 10.9 Å². The van der Waals surface area contributed by atoms with Crippen LogP contribution in [0.4, 0.5) is 0 Å². The molecule has 0 unspecified atom stereocenters. The molecule has 2 aromatic rings. The van der Waals surface area contributed by atoms with E-state index < -0.39 is 26.8 Å². The maximum Gasteiger partial charge on any atom is 0.330 e. The van der Waals surface area contributed by atoms with Crippen LogP contribution in [0.1, 0.15) is 26.7 Å². The number of aromatic nitrogens is 2. The van der Waals surface area contributed by atoms with Crippen LogP contribution in [0.5, 0.6) is 0 Å². The molecular weight excluding hydrogens is 526 g/mol. The Balaban J connectivity index is 1.83. The first-order chi connectivity index (χ1) is 12.5. The molecule has 150 valence electrons. The number of sulfonamides is 1. The van der Waals surface area contributed by atoms with E-state index >= 15 is 0 Å². The van der Waals surface area contributed by atoms with E-state index in [4.69, 9.17) is 4.74 Å². The van der Waals surface area contributed by atoms with Gasteiger partial charge in [-0.3, -0.25) is 14.3 Å². The minimum absolute atomic E-state index is 0.0129. The van der Waals surface area contributed by atoms with Crippen LogP contribution in [0, 0.1) is 0 Å². The third kappa shape index (κ3) is 6.64. The number of thiophene rings is 1. The molecule has 27 heavy (non-hydrogen) atoms. The summed E-state index contributed by atoms with van der Waals surface area (Å²) in [5.41, 5.74) is -1.67. The van der Waals surface area contributed by atoms with Crippen molar-refractivity contribution in [1.29, 1.82) is 0 Å². The number of hydrogen-bond donors (Lipinski definition) is 2. The molecule has 0 bridgehead atoms. The maximum absolute atomic E-state index is 12.5. The molecule has 0 aliphatic rings. The summed E-state index contributed by atoms with van der Waals surface area (Å²) < 4.78 is 36.0. The fraction of sp³-hybridized carbons (Fsp3) is 0.467. The van der Waals surface area contributed by atoms with E-state index in [2.05, 4.69) is 41.6 Å². The molecule has 2 rings (SSSR count). The molecule has 2 heterocycles. The van der Waals surface area contributed by atoms with E-state index in [1.54, 1.807) is 19.9 Å². The van der Waals surface area contributed by atoms with Gasteiger partial charge < -0.3 is 4.74 Å². The number of hydrogen-bond acceptors (Lipinski definition) is 6. The molecular formula is C15H19Br2N3O5S2. The summed E-state index contributed by atoms with van der Waals surface area (Å²) in [5, 5.41) is 0. The Labute approximate surface area is 177 Å². The van der Waals surface area contributed by atoms with Gasteiger partial charge in [-0.1, -0.05) is 0 Å². The first kappa shape index (κ1) is 22.5. The number of aromatic amines is 1. The second-order valence-electron chi connectivity index (χ2n) is 6.40. The van der Waals surface area contributed by atoms with Crippen LogP contribution in [0.2, 0.25) is 0 Å². The van der Waals surface area contributed by atoms with Crippen molar-refractivity contribution in [2.75, 3.05) is 6.61 Å². The number of nitrogens with one attached hydrogen (secondary N) is 2. The Bertz CT molecular complexity index is 991. The normalized spacial score (nSPS) is 12.4. The highest BCUT2D eigenvalue weighted by Gasteiger charge is 2.27. The topological polar surface area (TPSA) is 110 Å². The lowest BCUT2D eigenvalue weighted by atomic mass is 10.0. The molecule has 0 aliphatic heterocycles. The molecule has 0 radical (unpaired) electrons. The molecule has 12 heteroatoms. The van der Waals surface area contributed by atoms with Crippen molar-refractivity contribution in [2.45, 2.75) is 43.2 Å². The quantitative estimate of drug-likeness (QED) is 0.471. The average Bonchev–Trinajstić information content (AvgIpc) is 2.88. The Kier molecular flexibility index (Phi) is 7.62. The van der Waals surface area contributed by atoms with Gasteiger partial charge in [0.2, 0.25) is 0 Å². The minimum Gasteiger partial charge on any atom is -0.361 e. The zero-order valence-electron chi connectivity index (χ0n) is 14.6. The van der Waals surface area contributed by atoms with E-state index in [9.17, 15) is 18.0 Å². The Morgan fingerprint density at radius 1 is 1.33 bits per heavy atom. The fourth-order valence-electron chi connectivity index (χ4n) is 2.25. The lowest BCUT2D eigenvalue weighted by molar-refractivity contribution is 0.0680. The summed E-state index contributed by atoms with van der Waals surface area (Å²) >= 11 is 7.71. The van der Waals surface area contributed by atoms with Crippen LogP contribution >= 0.6 is 43.2 Å². The summed E-state index contributed by atoms with van der Waals surface area (Å²) in [7, 11) is -3.63. The predicted molar refractivity (Wildman–Crippen MR) is 111 cm³/mol. The van der Waals surface area contributed by atoms with Crippen molar-refractivity contribution in [2.24, 2.45) is 0 Å². The number of ether oxygens (including phenoxy) is 1. The monoisotopic (exact) mass is 543 g/mol. The van der Waals surface area contributed by atoms with Crippen molar-refractivity contribution in [3.63, 3.8) is 0 Å². The van der Waals surface area contributed by atoms with Crippen molar-refractivity contribution in [3.05, 3.63) is 47.4 Å². The molecule has 0 aromatic carbocycles. The van der Waals surface area contributed by atoms with Gasteiger partial charge in [0.05, 0.1) is 3.79 Å². The Morgan fingerprint density at radius 2 is 2.04 bits per heavy atom. The number of H-pyrrole nitrogens is 1. The van der Waals surface area contributed by atoms with E-state index in [1.807, 2.05) is 0 Å². The summed E-state index contributed by atoms with van der Waals surface area (Å²) in [4.78, 5) is 24.7. The third-order valence-corrected chi connectivity index (χ3v) is 8.94. The SMILES string of the molecule is CC(C)(CCCOCn1ccc(=O)[nH]c1=O)NS(=O)(=O)c1cc(Br)c(Br)s1. The van der Waals surface area contributed by atoms with Crippen LogP contribution in [0.3, 0.4) is 0 Å². The molecule has 0 amide bonds. The molecule has 0 fully saturated rings. The van der Waals surface area contributed by atoms with Crippen molar-refractivity contribution in [1.82, 2.24) is 14.3 Å². The van der Waals surface area contributed by atoms with Gasteiger partial charge in [-0.05, 0) is 64.6 Å². The first-order valence-electron chi connectivity index (χ1n) is 7.86. The van der Waals surface area contributed by atoms with Crippen molar-refractivity contribution >= 4 is 53.2 Å². The smallest absolute Gasteiger partial charge is 0.330 e. The molecule has 2 N–H and O–H groups in total. The van der Waals surface area contributed by atoms with E-state index in [0.29, 0.717) is 27.7 Å². The van der Waals surface area contributed by atoms with Gasteiger partial charge in [-0.15, -0.1) is 11.3 Å². The minimum atomic E-state index is -3.63. The summed E-state index contributed by atoms with van der Waals surface area (Å²) in [6.45, 7) is 3.95. The lowest BCUT2D eigenvalue weighted by Crippen LogP contribution is -2.43. The van der Waals surface area contributed by atoms with Crippen LogP contribution in [-0.4, -0.2) is 30.1 Å². The summed E-state index contributed by atoms with van der Waals surface area (Å²) in [5.74, 6) is 0. The first-order valence-corrected chi connectivity index (χ1v) is 11.7. The molecule has 0 saturated carbocycles. The van der Waals surface area contributed by atoms with E-state index in [0.717, 1.165) is 11.3 Å². The number of halogens is 2. The van der Waals surface area contributed by atoms with Crippen LogP contribution in [0.25, 0.3) is 0 Å². The molecule has 0 spiro atoms. The zero-order valence-corrected chi connectivity index (χ0v) is 19.4. The van der Waals surface area contributed by atoms with Crippen molar-refractivity contribution in [3.8, 4) is 0 Å². The largest absolute Gasteiger partial charge is 0.361 e. The fourth-order valence-corrected chi connectivity index (χ4v) is 6.51. The highest BCUT2D eigenvalue weighted by Crippen LogP contribution is 2.35. The molecule has 8 nitrogen and oxygen atoms in total. The highest BCUT2D eigenvalue weighted by molar-refractivity contribution is 9.13. The molecule has 0 saturated heterocycles. The standard InChI is InChI=1S/C15H19Br2N3O5S2/c1-15(2,19-27(23,24)12-8-10(16)13(17)26-12)5-3-7-25-9-20-6-4-11(21)18-14(20)22/h4,6,8,19H,3,5,7,9H2,1-2H3,(H,18,21,22). The molecule has 0 aliphatic carbocycles. The second-order valence-corrected chi connectivity index (χ2v) is 11.5. The Hall–Kier alpha value is -0.790. The number of nitrogens with zero attached hydrogens (tertiary/aromatic N) is 1. The average molecular weight is 545 g/mol. The van der Waals surface area contributed by atoms with Gasteiger partial charge in [-0.2, -0.15) is 0 Å². The van der Waals surface area contributed by atoms with E-state index in [-0.39, 0.29) is 10.9 Å². The molecule has 2 aromatic heterocycles. The maximum atomic E-state index is 12.5. The van der Waals surface area contributed by atoms with Gasteiger partial charge >= 0.3 is 5.69 Å². The number of rotatable bonds is 9. The van der Waals surface area contributed by atoms with Gasteiger partial charge in [0.25, 0.3) is 15.6 Å². The predicted octanol–water partition coefficient (Wildman–Crippen LogP) is 2.63. The molecule has 0 atom stereocenters. The zero-order chi connectivity index (χ0) is 20.2. The lowest BCUT2D eigenvalue weighted by Gasteiger charge is -2.25. The van der Waals surface area contributed by atoms with Crippen LogP contribution in [-0.2, 0) is 21.5 Å². The van der Waals surface area contributed by atoms with E-state index in [1.165, 1.54) is 16.8 Å². The van der Waals surface area contributed by atoms with Gasteiger partial charge in [0, 0.05) is 28.9 Å². The summed E-state index contributed by atoms with van der Waals surface area (Å²) in [6.07, 6.45) is 2.49. The highest BCUT2D eigenvalue weighted by atomic mass is 79.9. The van der Waals surface area contributed by atoms with Crippen LogP contribution < -0.4 is 16.0 Å². The second kappa shape index (κ2) is 9.14. The van der Waals surface area contributed by atoms with Crippen molar-refractivity contribution < 1.29 is 13.2 Å².